The molecule has 0 aromatic carbocycles. The van der Waals surface area contributed by atoms with E-state index >= 15 is 0 Å². The summed E-state index contributed by atoms with van der Waals surface area (Å²) in [5.41, 5.74) is 0. The number of rotatable bonds is 1. The first-order chi connectivity index (χ1) is 7.16. The van der Waals surface area contributed by atoms with Gasteiger partial charge in [0.1, 0.15) is 0 Å². The van der Waals surface area contributed by atoms with Crippen molar-refractivity contribution in [2.75, 3.05) is 19.6 Å². The lowest BCUT2D eigenvalue weighted by molar-refractivity contribution is 0.0847. The van der Waals surface area contributed by atoms with Crippen LogP contribution in [0, 0.1) is 11.8 Å². The molecule has 1 N–H and O–H groups in total. The molecule has 15 heavy (non-hydrogen) atoms. The SMILES string of the molecule is CC1CCC(N2CCN[C@@H](C)C2)CC1C. The second-order valence-electron chi connectivity index (χ2n) is 5.77. The quantitative estimate of drug-likeness (QED) is 0.713. The van der Waals surface area contributed by atoms with Gasteiger partial charge in [-0.1, -0.05) is 13.8 Å². The molecule has 0 spiro atoms. The van der Waals surface area contributed by atoms with Crippen molar-refractivity contribution in [2.45, 2.75) is 52.1 Å². The third kappa shape index (κ3) is 2.73. The molecular formula is C13H26N2. The highest BCUT2D eigenvalue weighted by Gasteiger charge is 2.30. The number of piperazine rings is 1. The Balaban J connectivity index is 1.87. The number of nitrogens with one attached hydrogen (secondary N) is 1. The molecule has 1 aliphatic carbocycles. The van der Waals surface area contributed by atoms with Crippen molar-refractivity contribution < 1.29 is 0 Å². The Morgan fingerprint density at radius 2 is 1.87 bits per heavy atom. The smallest absolute Gasteiger partial charge is 0.0167 e. The summed E-state index contributed by atoms with van der Waals surface area (Å²) < 4.78 is 0. The second-order valence-corrected chi connectivity index (χ2v) is 5.77. The standard InChI is InChI=1S/C13H26N2/c1-10-4-5-13(8-11(10)2)15-7-6-14-12(3)9-15/h10-14H,4-9H2,1-3H3/t10?,11?,12-,13?/m0/s1. The second kappa shape index (κ2) is 4.84. The normalized spacial score (nSPS) is 44.2. The summed E-state index contributed by atoms with van der Waals surface area (Å²) >= 11 is 0. The highest BCUT2D eigenvalue weighted by Crippen LogP contribution is 2.32. The molecule has 2 fully saturated rings. The average Bonchev–Trinajstić information content (AvgIpc) is 2.22. The van der Waals surface area contributed by atoms with Crippen LogP contribution in [0.15, 0.2) is 0 Å². The van der Waals surface area contributed by atoms with Crippen molar-refractivity contribution in [2.24, 2.45) is 11.8 Å². The van der Waals surface area contributed by atoms with E-state index in [0.29, 0.717) is 6.04 Å². The first-order valence-electron chi connectivity index (χ1n) is 6.64. The topological polar surface area (TPSA) is 15.3 Å². The van der Waals surface area contributed by atoms with Crippen LogP contribution in [0.3, 0.4) is 0 Å². The number of nitrogens with zero attached hydrogens (tertiary/aromatic N) is 1. The van der Waals surface area contributed by atoms with Gasteiger partial charge in [0.15, 0.2) is 0 Å². The Hall–Kier alpha value is -0.0800. The van der Waals surface area contributed by atoms with Gasteiger partial charge in [-0.05, 0) is 38.0 Å². The molecule has 88 valence electrons. The van der Waals surface area contributed by atoms with Crippen molar-refractivity contribution in [1.82, 2.24) is 10.2 Å². The van der Waals surface area contributed by atoms with Gasteiger partial charge in [-0.25, -0.2) is 0 Å². The Labute approximate surface area is 94.4 Å². The van der Waals surface area contributed by atoms with E-state index in [1.54, 1.807) is 0 Å². The van der Waals surface area contributed by atoms with Crippen LogP contribution in [-0.2, 0) is 0 Å². The molecule has 0 amide bonds. The highest BCUT2D eigenvalue weighted by molar-refractivity contribution is 4.86. The molecule has 0 aromatic heterocycles. The first-order valence-corrected chi connectivity index (χ1v) is 6.64. The van der Waals surface area contributed by atoms with Crippen LogP contribution in [0.5, 0.6) is 0 Å². The number of hydrogen-bond donors (Lipinski definition) is 1. The van der Waals surface area contributed by atoms with Gasteiger partial charge in [-0.15, -0.1) is 0 Å². The summed E-state index contributed by atoms with van der Waals surface area (Å²) in [6.07, 6.45) is 4.29. The number of hydrogen-bond acceptors (Lipinski definition) is 2. The molecular weight excluding hydrogens is 184 g/mol. The lowest BCUT2D eigenvalue weighted by Gasteiger charge is -2.42. The summed E-state index contributed by atoms with van der Waals surface area (Å²) in [5, 5.41) is 3.53. The molecule has 2 rings (SSSR count). The van der Waals surface area contributed by atoms with Crippen LogP contribution in [0.1, 0.15) is 40.0 Å². The maximum Gasteiger partial charge on any atom is 0.0167 e. The van der Waals surface area contributed by atoms with Crippen LogP contribution in [0.25, 0.3) is 0 Å². The summed E-state index contributed by atoms with van der Waals surface area (Å²) in [7, 11) is 0. The zero-order valence-corrected chi connectivity index (χ0v) is 10.5. The Morgan fingerprint density at radius 3 is 2.53 bits per heavy atom. The van der Waals surface area contributed by atoms with Crippen LogP contribution in [0.4, 0.5) is 0 Å². The molecule has 0 aromatic rings. The van der Waals surface area contributed by atoms with Gasteiger partial charge in [-0.3, -0.25) is 4.90 Å². The molecule has 2 heteroatoms. The minimum absolute atomic E-state index is 0.688. The van der Waals surface area contributed by atoms with E-state index in [1.807, 2.05) is 0 Å². The maximum absolute atomic E-state index is 3.53. The van der Waals surface area contributed by atoms with E-state index in [-0.39, 0.29) is 0 Å². The molecule has 2 nitrogen and oxygen atoms in total. The van der Waals surface area contributed by atoms with Gasteiger partial charge in [0.05, 0.1) is 0 Å². The van der Waals surface area contributed by atoms with E-state index in [1.165, 1.54) is 38.9 Å². The monoisotopic (exact) mass is 210 g/mol. The fourth-order valence-electron chi connectivity index (χ4n) is 3.14. The molecule has 1 heterocycles. The van der Waals surface area contributed by atoms with Crippen molar-refractivity contribution >= 4 is 0 Å². The molecule has 2 aliphatic rings. The third-order valence-corrected chi connectivity index (χ3v) is 4.49. The predicted molar refractivity (Wildman–Crippen MR) is 65.0 cm³/mol. The highest BCUT2D eigenvalue weighted by atomic mass is 15.2. The fourth-order valence-corrected chi connectivity index (χ4v) is 3.14. The van der Waals surface area contributed by atoms with Crippen LogP contribution in [0.2, 0.25) is 0 Å². The van der Waals surface area contributed by atoms with E-state index in [2.05, 4.69) is 31.0 Å². The van der Waals surface area contributed by atoms with Gasteiger partial charge in [-0.2, -0.15) is 0 Å². The lowest BCUT2D eigenvalue weighted by Crippen LogP contribution is -2.54. The third-order valence-electron chi connectivity index (χ3n) is 4.49. The van der Waals surface area contributed by atoms with E-state index < -0.39 is 0 Å². The minimum atomic E-state index is 0.688. The summed E-state index contributed by atoms with van der Waals surface area (Å²) in [4.78, 5) is 2.73. The van der Waals surface area contributed by atoms with E-state index in [4.69, 9.17) is 0 Å². The summed E-state index contributed by atoms with van der Waals surface area (Å²) in [6, 6.07) is 1.56. The van der Waals surface area contributed by atoms with Gasteiger partial charge >= 0.3 is 0 Å². The fraction of sp³-hybridized carbons (Fsp3) is 1.00. The lowest BCUT2D eigenvalue weighted by atomic mass is 9.78. The molecule has 0 bridgehead atoms. The molecule has 4 atom stereocenters. The predicted octanol–water partition coefficient (Wildman–Crippen LogP) is 2.10. The average molecular weight is 210 g/mol. The van der Waals surface area contributed by atoms with Gasteiger partial charge < -0.3 is 5.32 Å². The van der Waals surface area contributed by atoms with Gasteiger partial charge in [0, 0.05) is 31.7 Å². The van der Waals surface area contributed by atoms with Crippen molar-refractivity contribution in [3.05, 3.63) is 0 Å². The molecule has 1 saturated heterocycles. The Morgan fingerprint density at radius 1 is 1.07 bits per heavy atom. The minimum Gasteiger partial charge on any atom is -0.312 e. The van der Waals surface area contributed by atoms with Gasteiger partial charge in [0.2, 0.25) is 0 Å². The van der Waals surface area contributed by atoms with Gasteiger partial charge in [0.25, 0.3) is 0 Å². The maximum atomic E-state index is 3.53. The summed E-state index contributed by atoms with van der Waals surface area (Å²) in [5.74, 6) is 1.87. The largest absolute Gasteiger partial charge is 0.312 e. The summed E-state index contributed by atoms with van der Waals surface area (Å²) in [6.45, 7) is 10.9. The molecule has 0 radical (unpaired) electrons. The Bertz CT molecular complexity index is 205. The van der Waals surface area contributed by atoms with Crippen molar-refractivity contribution in [3.63, 3.8) is 0 Å². The Kier molecular flexibility index (Phi) is 3.68. The van der Waals surface area contributed by atoms with E-state index in [9.17, 15) is 0 Å². The van der Waals surface area contributed by atoms with Crippen LogP contribution in [-0.4, -0.2) is 36.6 Å². The first kappa shape index (κ1) is 11.4. The van der Waals surface area contributed by atoms with Crippen molar-refractivity contribution in [1.29, 1.82) is 0 Å². The molecule has 3 unspecified atom stereocenters. The molecule has 1 aliphatic heterocycles. The van der Waals surface area contributed by atoms with E-state index in [0.717, 1.165) is 17.9 Å². The zero-order valence-electron chi connectivity index (χ0n) is 10.5. The molecule has 1 saturated carbocycles. The van der Waals surface area contributed by atoms with Crippen molar-refractivity contribution in [3.8, 4) is 0 Å². The van der Waals surface area contributed by atoms with Crippen LogP contribution < -0.4 is 5.32 Å². The zero-order chi connectivity index (χ0) is 10.8. The van der Waals surface area contributed by atoms with Crippen LogP contribution >= 0.6 is 0 Å².